The number of sulfonamides is 1. The van der Waals surface area contributed by atoms with E-state index in [4.69, 9.17) is 0 Å². The molecule has 0 aliphatic carbocycles. The van der Waals surface area contributed by atoms with Gasteiger partial charge in [-0.15, -0.1) is 0 Å². The first-order valence-electron chi connectivity index (χ1n) is 9.80. The molecule has 32 heavy (non-hydrogen) atoms. The lowest BCUT2D eigenvalue weighted by Gasteiger charge is -2.14. The van der Waals surface area contributed by atoms with Gasteiger partial charge in [0.05, 0.1) is 21.6 Å². The summed E-state index contributed by atoms with van der Waals surface area (Å²) in [6.45, 7) is 3.56. The molecule has 4 aromatic rings. The van der Waals surface area contributed by atoms with Gasteiger partial charge in [-0.2, -0.15) is 0 Å². The van der Waals surface area contributed by atoms with Gasteiger partial charge in [-0.25, -0.2) is 17.6 Å². The van der Waals surface area contributed by atoms with Gasteiger partial charge in [0.15, 0.2) is 0 Å². The normalized spacial score (nSPS) is 11.8. The molecular formula is C23H22FN3O3S2. The molecule has 0 fully saturated rings. The number of halogens is 1. The van der Waals surface area contributed by atoms with Gasteiger partial charge >= 0.3 is 5.69 Å². The number of fused-ring (bicyclic) bond motifs is 1. The zero-order chi connectivity index (χ0) is 23.2. The summed E-state index contributed by atoms with van der Waals surface area (Å²) in [6.07, 6.45) is 0. The van der Waals surface area contributed by atoms with Gasteiger partial charge in [0.2, 0.25) is 0 Å². The first kappa shape index (κ1) is 22.2. The SMILES string of the molecule is Cc1ccc(Sc2cc3c(cc2NS(=O)(=O)c2ccc(C)c(F)c2)n(C)c(=O)n3C)cc1. The van der Waals surface area contributed by atoms with Crippen molar-refractivity contribution in [3.8, 4) is 0 Å². The van der Waals surface area contributed by atoms with Crippen molar-refractivity contribution in [3.63, 3.8) is 0 Å². The molecule has 166 valence electrons. The fraction of sp³-hybridized carbons (Fsp3) is 0.174. The van der Waals surface area contributed by atoms with Crippen LogP contribution in [0.5, 0.6) is 0 Å². The van der Waals surface area contributed by atoms with Crippen LogP contribution < -0.4 is 10.4 Å². The minimum atomic E-state index is -4.06. The highest BCUT2D eigenvalue weighted by atomic mass is 32.2. The summed E-state index contributed by atoms with van der Waals surface area (Å²) in [5, 5.41) is 0. The number of hydrogen-bond donors (Lipinski definition) is 1. The quantitative estimate of drug-likeness (QED) is 0.462. The Bertz CT molecular complexity index is 1500. The summed E-state index contributed by atoms with van der Waals surface area (Å²) in [5.74, 6) is -0.594. The fourth-order valence-corrected chi connectivity index (χ4v) is 5.43. The highest BCUT2D eigenvalue weighted by molar-refractivity contribution is 7.99. The summed E-state index contributed by atoms with van der Waals surface area (Å²) < 4.78 is 45.7. The van der Waals surface area contributed by atoms with E-state index in [-0.39, 0.29) is 10.6 Å². The average Bonchev–Trinajstić information content (AvgIpc) is 2.95. The number of aryl methyl sites for hydroxylation is 4. The van der Waals surface area contributed by atoms with E-state index in [0.29, 0.717) is 27.2 Å². The summed E-state index contributed by atoms with van der Waals surface area (Å²) in [4.78, 5) is 13.8. The number of rotatable bonds is 5. The topological polar surface area (TPSA) is 73.1 Å². The predicted molar refractivity (Wildman–Crippen MR) is 125 cm³/mol. The summed E-state index contributed by atoms with van der Waals surface area (Å²) in [6, 6.07) is 15.0. The second-order valence-electron chi connectivity index (χ2n) is 7.67. The van der Waals surface area contributed by atoms with Crippen LogP contribution in [0.3, 0.4) is 0 Å². The zero-order valence-corrected chi connectivity index (χ0v) is 19.6. The van der Waals surface area contributed by atoms with Crippen LogP contribution in [-0.4, -0.2) is 17.6 Å². The molecule has 1 N–H and O–H groups in total. The smallest absolute Gasteiger partial charge is 0.295 e. The summed E-state index contributed by atoms with van der Waals surface area (Å²) in [7, 11) is -0.756. The molecule has 3 aromatic carbocycles. The molecule has 1 aromatic heterocycles. The van der Waals surface area contributed by atoms with Gasteiger partial charge in [-0.1, -0.05) is 35.5 Å². The highest BCUT2D eigenvalue weighted by Crippen LogP contribution is 2.37. The van der Waals surface area contributed by atoms with Crippen molar-refractivity contribution in [3.05, 3.63) is 82.0 Å². The standard InChI is InChI=1S/C23H22FN3O3S2/c1-14-5-8-16(9-6-14)31-22-13-21-20(26(3)23(28)27(21)4)12-19(22)25-32(29,30)17-10-7-15(2)18(24)11-17/h5-13,25H,1-4H3. The molecule has 0 aliphatic rings. The third-order valence-corrected chi connectivity index (χ3v) is 7.75. The van der Waals surface area contributed by atoms with Crippen molar-refractivity contribution in [1.29, 1.82) is 0 Å². The van der Waals surface area contributed by atoms with Gasteiger partial charge in [-0.05, 0) is 55.8 Å². The number of anilines is 1. The third kappa shape index (κ3) is 4.05. The Labute approximate surface area is 189 Å². The monoisotopic (exact) mass is 471 g/mol. The van der Waals surface area contributed by atoms with Crippen LogP contribution in [-0.2, 0) is 24.1 Å². The number of benzene rings is 3. The molecule has 0 amide bonds. The highest BCUT2D eigenvalue weighted by Gasteiger charge is 2.20. The number of aromatic nitrogens is 2. The minimum absolute atomic E-state index is 0.172. The fourth-order valence-electron chi connectivity index (χ4n) is 3.37. The lowest BCUT2D eigenvalue weighted by molar-refractivity contribution is 0.593. The van der Waals surface area contributed by atoms with Gasteiger partial charge < -0.3 is 0 Å². The van der Waals surface area contributed by atoms with Crippen LogP contribution in [0.25, 0.3) is 11.0 Å². The first-order chi connectivity index (χ1) is 15.1. The second kappa shape index (κ2) is 8.14. The van der Waals surface area contributed by atoms with Crippen LogP contribution in [0.4, 0.5) is 10.1 Å². The van der Waals surface area contributed by atoms with Gasteiger partial charge in [0.25, 0.3) is 10.0 Å². The molecule has 1 heterocycles. The van der Waals surface area contributed by atoms with Crippen molar-refractivity contribution in [2.45, 2.75) is 28.5 Å². The molecular weight excluding hydrogens is 449 g/mol. The maximum atomic E-state index is 14.0. The van der Waals surface area contributed by atoms with Gasteiger partial charge in [0.1, 0.15) is 5.82 Å². The molecule has 4 rings (SSSR count). The molecule has 0 radical (unpaired) electrons. The van der Waals surface area contributed by atoms with Crippen LogP contribution >= 0.6 is 11.8 Å². The van der Waals surface area contributed by atoms with E-state index in [1.54, 1.807) is 33.2 Å². The second-order valence-corrected chi connectivity index (χ2v) is 10.5. The van der Waals surface area contributed by atoms with E-state index in [1.165, 1.54) is 33.0 Å². The van der Waals surface area contributed by atoms with Crippen molar-refractivity contribution in [2.75, 3.05) is 4.72 Å². The van der Waals surface area contributed by atoms with Crippen LogP contribution in [0.1, 0.15) is 11.1 Å². The average molecular weight is 472 g/mol. The minimum Gasteiger partial charge on any atom is -0.295 e. The Morgan fingerprint density at radius 3 is 2.16 bits per heavy atom. The molecule has 0 saturated heterocycles. The Kier molecular flexibility index (Phi) is 5.64. The molecule has 0 saturated carbocycles. The zero-order valence-electron chi connectivity index (χ0n) is 18.0. The molecule has 0 atom stereocenters. The number of nitrogens with one attached hydrogen (secondary N) is 1. The third-order valence-electron chi connectivity index (χ3n) is 5.32. The van der Waals surface area contributed by atoms with E-state index in [2.05, 4.69) is 4.72 Å². The largest absolute Gasteiger partial charge is 0.328 e. The van der Waals surface area contributed by atoms with Crippen molar-refractivity contribution in [1.82, 2.24) is 9.13 Å². The first-order valence-corrected chi connectivity index (χ1v) is 12.1. The molecule has 0 unspecified atom stereocenters. The lowest BCUT2D eigenvalue weighted by atomic mass is 10.2. The van der Waals surface area contributed by atoms with Gasteiger partial charge in [-0.3, -0.25) is 13.9 Å². The lowest BCUT2D eigenvalue weighted by Crippen LogP contribution is -2.19. The maximum Gasteiger partial charge on any atom is 0.328 e. The molecule has 0 aliphatic heterocycles. The van der Waals surface area contributed by atoms with E-state index in [9.17, 15) is 17.6 Å². The number of imidazole rings is 1. The number of nitrogens with zero attached hydrogens (tertiary/aromatic N) is 2. The van der Waals surface area contributed by atoms with E-state index in [0.717, 1.165) is 16.5 Å². The molecule has 0 bridgehead atoms. The van der Waals surface area contributed by atoms with E-state index >= 15 is 0 Å². The van der Waals surface area contributed by atoms with E-state index < -0.39 is 15.8 Å². The summed E-state index contributed by atoms with van der Waals surface area (Å²) >= 11 is 1.38. The van der Waals surface area contributed by atoms with E-state index in [1.807, 2.05) is 31.2 Å². The predicted octanol–water partition coefficient (Wildman–Crippen LogP) is 4.58. The molecule has 6 nitrogen and oxygen atoms in total. The Balaban J connectivity index is 1.85. The van der Waals surface area contributed by atoms with Crippen LogP contribution in [0.15, 0.2) is 74.1 Å². The Hall–Kier alpha value is -3.04. The molecule has 9 heteroatoms. The number of hydrogen-bond acceptors (Lipinski definition) is 4. The maximum absolute atomic E-state index is 14.0. The Morgan fingerprint density at radius 1 is 0.906 bits per heavy atom. The summed E-state index contributed by atoms with van der Waals surface area (Å²) in [5.41, 5.74) is 2.82. The van der Waals surface area contributed by atoms with Crippen molar-refractivity contribution >= 4 is 38.5 Å². The van der Waals surface area contributed by atoms with Crippen molar-refractivity contribution in [2.24, 2.45) is 14.1 Å². The van der Waals surface area contributed by atoms with Crippen molar-refractivity contribution < 1.29 is 12.8 Å². The molecule has 0 spiro atoms. The van der Waals surface area contributed by atoms with Gasteiger partial charge in [0, 0.05) is 23.9 Å². The Morgan fingerprint density at radius 2 is 1.53 bits per heavy atom. The van der Waals surface area contributed by atoms with Crippen LogP contribution in [0.2, 0.25) is 0 Å². The van der Waals surface area contributed by atoms with Crippen LogP contribution in [0, 0.1) is 19.7 Å².